The van der Waals surface area contributed by atoms with Crippen LogP contribution in [-0.2, 0) is 6.42 Å². The number of allylic oxidation sites excluding steroid dienone is 1. The number of nitrogens with zero attached hydrogens (tertiary/aromatic N) is 1. The molecule has 0 saturated heterocycles. The van der Waals surface area contributed by atoms with E-state index in [-0.39, 0.29) is 11.3 Å². The van der Waals surface area contributed by atoms with Crippen LogP contribution in [0.4, 0.5) is 0 Å². The number of carbonyl (C=O) groups excluding carboxylic acids is 1. The van der Waals surface area contributed by atoms with Crippen molar-refractivity contribution in [3.63, 3.8) is 0 Å². The van der Waals surface area contributed by atoms with Gasteiger partial charge in [-0.15, -0.1) is 11.3 Å². The van der Waals surface area contributed by atoms with Crippen molar-refractivity contribution in [2.75, 3.05) is 0 Å². The van der Waals surface area contributed by atoms with E-state index in [1.54, 1.807) is 24.3 Å². The molecule has 1 aromatic heterocycles. The molecule has 2 aromatic carbocycles. The molecule has 0 fully saturated rings. The second kappa shape index (κ2) is 6.69. The Labute approximate surface area is 154 Å². The number of rotatable bonds is 3. The van der Waals surface area contributed by atoms with Crippen molar-refractivity contribution in [3.8, 4) is 10.6 Å². The third kappa shape index (κ3) is 3.09. The number of fused-ring (bicyclic) bond motifs is 1. The highest BCUT2D eigenvalue weighted by atomic mass is 32.1. The summed E-state index contributed by atoms with van der Waals surface area (Å²) in [6, 6.07) is 16.4. The number of hydrogen-bond donors (Lipinski definition) is 1. The Balaban J connectivity index is 1.63. The summed E-state index contributed by atoms with van der Waals surface area (Å²) in [7, 11) is 0. The number of Topliss-reactive ketones (excluding diaryl/α,β-unsaturated/α-hetero) is 1. The molecule has 0 amide bonds. The Hall–Kier alpha value is -3.05. The fraction of sp³-hybridized carbons (Fsp3) is 0.0952. The second-order valence-electron chi connectivity index (χ2n) is 6.09. The van der Waals surface area contributed by atoms with E-state index >= 15 is 0 Å². The van der Waals surface area contributed by atoms with Gasteiger partial charge in [0.15, 0.2) is 0 Å². The summed E-state index contributed by atoms with van der Waals surface area (Å²) in [5.74, 6) is -0.936. The second-order valence-corrected chi connectivity index (χ2v) is 7.09. The molecule has 1 heterocycles. The van der Waals surface area contributed by atoms with Crippen molar-refractivity contribution in [1.82, 2.24) is 4.98 Å². The van der Waals surface area contributed by atoms with Gasteiger partial charge in [-0.1, -0.05) is 42.5 Å². The van der Waals surface area contributed by atoms with Crippen molar-refractivity contribution in [2.24, 2.45) is 0 Å². The first-order chi connectivity index (χ1) is 12.6. The molecule has 0 saturated carbocycles. The summed E-state index contributed by atoms with van der Waals surface area (Å²) in [5, 5.41) is 9.84. The van der Waals surface area contributed by atoms with Crippen molar-refractivity contribution in [3.05, 3.63) is 81.9 Å². The van der Waals surface area contributed by atoms with Gasteiger partial charge in [-0.25, -0.2) is 9.78 Å². The molecule has 128 valence electrons. The van der Waals surface area contributed by atoms with Gasteiger partial charge >= 0.3 is 5.97 Å². The number of carboxylic acids is 1. The molecule has 1 N–H and O–H groups in total. The van der Waals surface area contributed by atoms with E-state index < -0.39 is 5.97 Å². The Morgan fingerprint density at radius 1 is 1.04 bits per heavy atom. The van der Waals surface area contributed by atoms with Gasteiger partial charge < -0.3 is 5.11 Å². The zero-order chi connectivity index (χ0) is 18.1. The molecule has 0 spiro atoms. The first kappa shape index (κ1) is 16.4. The van der Waals surface area contributed by atoms with Crippen LogP contribution >= 0.6 is 11.3 Å². The molecule has 0 atom stereocenters. The molecule has 1 aliphatic rings. The zero-order valence-corrected chi connectivity index (χ0v) is 14.6. The maximum atomic E-state index is 12.8. The summed E-state index contributed by atoms with van der Waals surface area (Å²) in [6.07, 6.45) is 3.23. The molecule has 26 heavy (non-hydrogen) atoms. The van der Waals surface area contributed by atoms with Gasteiger partial charge in [0.05, 0.1) is 16.1 Å². The van der Waals surface area contributed by atoms with Gasteiger partial charge in [0.1, 0.15) is 5.01 Å². The largest absolute Gasteiger partial charge is 0.478 e. The number of carbonyl (C=O) groups is 2. The lowest BCUT2D eigenvalue weighted by Gasteiger charge is -2.12. The van der Waals surface area contributed by atoms with E-state index in [4.69, 9.17) is 5.11 Å². The van der Waals surface area contributed by atoms with Gasteiger partial charge in [0.25, 0.3) is 0 Å². The van der Waals surface area contributed by atoms with Crippen molar-refractivity contribution >= 4 is 29.2 Å². The minimum Gasteiger partial charge on any atom is -0.478 e. The zero-order valence-electron chi connectivity index (χ0n) is 13.8. The van der Waals surface area contributed by atoms with Crippen molar-refractivity contribution in [1.29, 1.82) is 0 Å². The molecule has 5 heteroatoms. The monoisotopic (exact) mass is 361 g/mol. The predicted octanol–water partition coefficient (Wildman–Crippen LogP) is 4.72. The van der Waals surface area contributed by atoms with E-state index in [2.05, 4.69) is 4.98 Å². The summed E-state index contributed by atoms with van der Waals surface area (Å²) < 4.78 is 0. The lowest BCUT2D eigenvalue weighted by atomic mass is 9.94. The van der Waals surface area contributed by atoms with Gasteiger partial charge in [0, 0.05) is 11.1 Å². The Kier molecular flexibility index (Phi) is 4.22. The molecular formula is C21H15NO3S. The first-order valence-corrected chi connectivity index (χ1v) is 9.07. The molecular weight excluding hydrogens is 346 g/mol. The SMILES string of the molecule is O=C(O)c1ccc(/C=C2\CCc3nc(-c4ccccc4)sc3C2=O)cc1. The molecule has 0 radical (unpaired) electrons. The third-order valence-electron chi connectivity index (χ3n) is 4.35. The smallest absolute Gasteiger partial charge is 0.335 e. The minimum atomic E-state index is -0.958. The van der Waals surface area contributed by atoms with E-state index in [1.807, 2.05) is 36.4 Å². The third-order valence-corrected chi connectivity index (χ3v) is 5.49. The topological polar surface area (TPSA) is 67.3 Å². The quantitative estimate of drug-likeness (QED) is 0.686. The van der Waals surface area contributed by atoms with Crippen LogP contribution in [0.3, 0.4) is 0 Å². The van der Waals surface area contributed by atoms with Crippen LogP contribution in [0.25, 0.3) is 16.6 Å². The normalized spacial score (nSPS) is 15.1. The number of aromatic nitrogens is 1. The lowest BCUT2D eigenvalue weighted by molar-refractivity contribution is 0.0696. The average molecular weight is 361 g/mol. The number of aryl methyl sites for hydroxylation is 1. The highest BCUT2D eigenvalue weighted by molar-refractivity contribution is 7.17. The first-order valence-electron chi connectivity index (χ1n) is 8.25. The van der Waals surface area contributed by atoms with Crippen LogP contribution in [0.1, 0.15) is 37.7 Å². The number of ketones is 1. The number of thiazole rings is 1. The van der Waals surface area contributed by atoms with E-state index in [0.717, 1.165) is 33.8 Å². The van der Waals surface area contributed by atoms with Gasteiger partial charge in [-0.05, 0) is 36.6 Å². The molecule has 0 unspecified atom stereocenters. The van der Waals surface area contributed by atoms with Crippen molar-refractivity contribution in [2.45, 2.75) is 12.8 Å². The molecule has 0 bridgehead atoms. The van der Waals surface area contributed by atoms with Crippen LogP contribution in [0.5, 0.6) is 0 Å². The highest BCUT2D eigenvalue weighted by Crippen LogP contribution is 2.34. The van der Waals surface area contributed by atoms with Gasteiger partial charge in [-0.3, -0.25) is 4.79 Å². The maximum absolute atomic E-state index is 12.8. The van der Waals surface area contributed by atoms with Gasteiger partial charge in [-0.2, -0.15) is 0 Å². The molecule has 0 aliphatic heterocycles. The average Bonchev–Trinajstić information content (AvgIpc) is 3.10. The standard InChI is InChI=1S/C21H15NO3S/c23-18-16(12-13-6-8-15(9-7-13)21(24)25)10-11-17-19(18)26-20(22-17)14-4-2-1-3-5-14/h1-9,12H,10-11H2,(H,24,25)/b16-12+. The maximum Gasteiger partial charge on any atom is 0.335 e. The van der Waals surface area contributed by atoms with Crippen LogP contribution in [0.2, 0.25) is 0 Å². The van der Waals surface area contributed by atoms with Crippen molar-refractivity contribution < 1.29 is 14.7 Å². The molecule has 4 rings (SSSR count). The number of hydrogen-bond acceptors (Lipinski definition) is 4. The number of benzene rings is 2. The minimum absolute atomic E-state index is 0.0215. The lowest BCUT2D eigenvalue weighted by Crippen LogP contribution is -2.12. The van der Waals surface area contributed by atoms with E-state index in [1.165, 1.54) is 11.3 Å². The molecule has 4 nitrogen and oxygen atoms in total. The van der Waals surface area contributed by atoms with E-state index in [9.17, 15) is 9.59 Å². The fourth-order valence-electron chi connectivity index (χ4n) is 2.98. The van der Waals surface area contributed by atoms with Gasteiger partial charge in [0.2, 0.25) is 5.78 Å². The predicted molar refractivity (Wildman–Crippen MR) is 102 cm³/mol. The van der Waals surface area contributed by atoms with E-state index in [0.29, 0.717) is 11.3 Å². The molecule has 1 aliphatic carbocycles. The summed E-state index contributed by atoms with van der Waals surface area (Å²) in [5.41, 5.74) is 3.70. The Bertz CT molecular complexity index is 1020. The van der Waals surface area contributed by atoms with Crippen LogP contribution in [0.15, 0.2) is 60.2 Å². The summed E-state index contributed by atoms with van der Waals surface area (Å²) >= 11 is 1.44. The Morgan fingerprint density at radius 2 is 1.77 bits per heavy atom. The van der Waals surface area contributed by atoms with Crippen LogP contribution in [0, 0.1) is 0 Å². The number of carboxylic acid groups (broad SMARTS) is 1. The molecule has 3 aromatic rings. The Morgan fingerprint density at radius 3 is 2.46 bits per heavy atom. The fourth-order valence-corrected chi connectivity index (χ4v) is 4.07. The highest BCUT2D eigenvalue weighted by Gasteiger charge is 2.26. The number of aromatic carboxylic acids is 1. The van der Waals surface area contributed by atoms with Crippen LogP contribution < -0.4 is 0 Å². The summed E-state index contributed by atoms with van der Waals surface area (Å²) in [4.78, 5) is 29.1. The summed E-state index contributed by atoms with van der Waals surface area (Å²) in [6.45, 7) is 0. The van der Waals surface area contributed by atoms with Crippen LogP contribution in [-0.4, -0.2) is 21.8 Å².